The van der Waals surface area contributed by atoms with Gasteiger partial charge in [0.1, 0.15) is 11.5 Å². The van der Waals surface area contributed by atoms with Gasteiger partial charge in [-0.05, 0) is 49.4 Å². The molecular weight excluding hydrogens is 486 g/mol. The van der Waals surface area contributed by atoms with Gasteiger partial charge in [-0.15, -0.1) is 0 Å². The third-order valence-electron chi connectivity index (χ3n) is 6.18. The molecule has 2 N–H and O–H groups in total. The molecule has 0 aliphatic carbocycles. The average Bonchev–Trinajstić information content (AvgIpc) is 2.97. The van der Waals surface area contributed by atoms with E-state index in [4.69, 9.17) is 4.74 Å². The van der Waals surface area contributed by atoms with E-state index in [0.717, 1.165) is 61.6 Å². The molecule has 1 saturated heterocycles. The molecule has 3 aromatic rings. The Bertz CT molecular complexity index is 1110. The minimum absolute atomic E-state index is 0.0103. The van der Waals surface area contributed by atoms with Crippen LogP contribution in [0.25, 0.3) is 0 Å². The fourth-order valence-corrected chi connectivity index (χ4v) is 4.13. The first kappa shape index (κ1) is 31.6. The van der Waals surface area contributed by atoms with E-state index in [2.05, 4.69) is 35.8 Å². The number of para-hydroxylation sites is 2. The summed E-state index contributed by atoms with van der Waals surface area (Å²) in [5, 5.41) is 6.10. The number of amides is 2. The number of rotatable bonds is 9. The number of hydrogen-bond donors (Lipinski definition) is 2. The molecule has 0 spiro atoms. The smallest absolute Gasteiger partial charge is 0.222 e. The van der Waals surface area contributed by atoms with Crippen LogP contribution in [0.3, 0.4) is 0 Å². The maximum absolute atomic E-state index is 12.5. The van der Waals surface area contributed by atoms with Gasteiger partial charge in [0, 0.05) is 46.1 Å². The van der Waals surface area contributed by atoms with Crippen LogP contribution in [0.4, 0.5) is 0 Å². The topological polar surface area (TPSA) is 70.7 Å². The molecule has 1 aliphatic rings. The Hall–Kier alpha value is -3.64. The van der Waals surface area contributed by atoms with Crippen molar-refractivity contribution in [3.05, 3.63) is 95.6 Å². The lowest BCUT2D eigenvalue weighted by atomic mass is 10.1. The van der Waals surface area contributed by atoms with Gasteiger partial charge in [-0.1, -0.05) is 86.1 Å². The van der Waals surface area contributed by atoms with Crippen molar-refractivity contribution < 1.29 is 14.3 Å². The van der Waals surface area contributed by atoms with Gasteiger partial charge in [0.05, 0.1) is 0 Å². The molecule has 210 valence electrons. The maximum Gasteiger partial charge on any atom is 0.222 e. The first-order valence-corrected chi connectivity index (χ1v) is 14.1. The van der Waals surface area contributed by atoms with E-state index in [1.807, 2.05) is 79.4 Å². The zero-order valence-corrected chi connectivity index (χ0v) is 24.0. The summed E-state index contributed by atoms with van der Waals surface area (Å²) in [5.74, 6) is 1.80. The normalized spacial score (nSPS) is 12.3. The monoisotopic (exact) mass is 531 g/mol. The van der Waals surface area contributed by atoms with Crippen LogP contribution in [0, 0.1) is 6.92 Å². The molecule has 3 aromatic carbocycles. The molecule has 0 radical (unpaired) electrons. The molecule has 1 heterocycles. The molecule has 1 aliphatic heterocycles. The molecule has 6 nitrogen and oxygen atoms in total. The van der Waals surface area contributed by atoms with Gasteiger partial charge in [-0.25, -0.2) is 0 Å². The quantitative estimate of drug-likeness (QED) is 0.336. The van der Waals surface area contributed by atoms with E-state index < -0.39 is 0 Å². The highest BCUT2D eigenvalue weighted by molar-refractivity contribution is 5.76. The Morgan fingerprint density at radius 2 is 1.36 bits per heavy atom. The van der Waals surface area contributed by atoms with Gasteiger partial charge >= 0.3 is 0 Å². The highest BCUT2D eigenvalue weighted by Crippen LogP contribution is 2.29. The third kappa shape index (κ3) is 12.2. The Morgan fingerprint density at radius 1 is 0.821 bits per heavy atom. The van der Waals surface area contributed by atoms with Crippen LogP contribution in [0.15, 0.2) is 78.9 Å². The highest BCUT2D eigenvalue weighted by Gasteiger charge is 2.17. The Balaban J connectivity index is 0.000000507. The van der Waals surface area contributed by atoms with E-state index in [9.17, 15) is 9.59 Å². The van der Waals surface area contributed by atoms with E-state index in [-0.39, 0.29) is 11.8 Å². The van der Waals surface area contributed by atoms with Gasteiger partial charge in [-0.2, -0.15) is 0 Å². The lowest BCUT2D eigenvalue weighted by molar-refractivity contribution is -0.131. The second-order valence-electron chi connectivity index (χ2n) is 9.19. The fourth-order valence-electron chi connectivity index (χ4n) is 4.13. The number of carbonyl (C=O) groups excluding carboxylic acids is 2. The van der Waals surface area contributed by atoms with Crippen LogP contribution in [-0.4, -0.2) is 49.4 Å². The second-order valence-corrected chi connectivity index (χ2v) is 9.19. The molecule has 4 rings (SSSR count). The maximum atomic E-state index is 12.5. The summed E-state index contributed by atoms with van der Waals surface area (Å²) >= 11 is 0. The molecule has 0 aromatic heterocycles. The molecule has 0 bridgehead atoms. The molecule has 39 heavy (non-hydrogen) atoms. The van der Waals surface area contributed by atoms with Crippen molar-refractivity contribution in [2.45, 2.75) is 53.4 Å². The van der Waals surface area contributed by atoms with Crippen molar-refractivity contribution in [1.82, 2.24) is 15.5 Å². The molecule has 0 saturated carbocycles. The third-order valence-corrected chi connectivity index (χ3v) is 6.18. The summed E-state index contributed by atoms with van der Waals surface area (Å²) < 4.78 is 6.27. The summed E-state index contributed by atoms with van der Waals surface area (Å²) in [6.45, 7) is 11.6. The van der Waals surface area contributed by atoms with Crippen molar-refractivity contribution in [2.24, 2.45) is 0 Å². The van der Waals surface area contributed by atoms with Crippen molar-refractivity contribution in [2.75, 3.05) is 32.7 Å². The zero-order chi connectivity index (χ0) is 28.3. The van der Waals surface area contributed by atoms with Gasteiger partial charge < -0.3 is 20.3 Å². The molecule has 6 heteroatoms. The summed E-state index contributed by atoms with van der Waals surface area (Å²) in [6, 6.07) is 26.2. The van der Waals surface area contributed by atoms with Crippen molar-refractivity contribution in [3.63, 3.8) is 0 Å². The average molecular weight is 532 g/mol. The summed E-state index contributed by atoms with van der Waals surface area (Å²) in [5.41, 5.74) is 3.46. The lowest BCUT2D eigenvalue weighted by Gasteiger charge is -2.27. The van der Waals surface area contributed by atoms with Crippen molar-refractivity contribution >= 4 is 11.8 Å². The standard InChI is InChI=1S/C24H31N3O3.C7H8.C2H6/c1-19(28)26-14-6-9-20-7-2-4-10-22(20)30-23-11-5-3-8-21(23)12-13-24(29)27-17-15-25-16-18-27;1-7-5-3-2-4-6-7;1-2/h2-5,7-8,10-11,25H,6,9,12-18H2,1H3,(H,26,28);2-6H,1H3;1-2H3. The second kappa shape index (κ2) is 18.6. The summed E-state index contributed by atoms with van der Waals surface area (Å²) in [7, 11) is 0. The lowest BCUT2D eigenvalue weighted by Crippen LogP contribution is -2.46. The number of ether oxygens (including phenoxy) is 1. The minimum Gasteiger partial charge on any atom is -0.457 e. The van der Waals surface area contributed by atoms with Crippen LogP contribution in [0.1, 0.15) is 50.3 Å². The van der Waals surface area contributed by atoms with E-state index in [1.54, 1.807) is 0 Å². The van der Waals surface area contributed by atoms with Gasteiger partial charge in [0.15, 0.2) is 0 Å². The van der Waals surface area contributed by atoms with E-state index >= 15 is 0 Å². The van der Waals surface area contributed by atoms with E-state index in [1.165, 1.54) is 12.5 Å². The number of carbonyl (C=O) groups is 2. The Labute approximate surface area is 234 Å². The molecular formula is C33H45N3O3. The van der Waals surface area contributed by atoms with Gasteiger partial charge in [0.2, 0.25) is 11.8 Å². The molecule has 0 unspecified atom stereocenters. The number of nitrogens with zero attached hydrogens (tertiary/aromatic N) is 1. The SMILES string of the molecule is CC.CC(=O)NCCCc1ccccc1Oc1ccccc1CCC(=O)N1CCNCC1.Cc1ccccc1. The summed E-state index contributed by atoms with van der Waals surface area (Å²) in [6.07, 6.45) is 2.81. The molecule has 1 fully saturated rings. The molecule has 0 atom stereocenters. The number of hydrogen-bond acceptors (Lipinski definition) is 4. The summed E-state index contributed by atoms with van der Waals surface area (Å²) in [4.78, 5) is 25.5. The molecule has 2 amide bonds. The fraction of sp³-hybridized carbons (Fsp3) is 0.394. The highest BCUT2D eigenvalue weighted by atomic mass is 16.5. The van der Waals surface area contributed by atoms with Crippen molar-refractivity contribution in [3.8, 4) is 11.5 Å². The van der Waals surface area contributed by atoms with Crippen LogP contribution >= 0.6 is 0 Å². The van der Waals surface area contributed by atoms with Crippen LogP contribution in [0.5, 0.6) is 11.5 Å². The largest absolute Gasteiger partial charge is 0.457 e. The Kier molecular flexibility index (Phi) is 15.0. The van der Waals surface area contributed by atoms with Crippen LogP contribution in [0.2, 0.25) is 0 Å². The predicted octanol–water partition coefficient (Wildman–Crippen LogP) is 5.93. The number of aryl methyl sites for hydroxylation is 3. The number of benzene rings is 3. The van der Waals surface area contributed by atoms with Gasteiger partial charge in [-0.3, -0.25) is 9.59 Å². The minimum atomic E-state index is -0.0103. The van der Waals surface area contributed by atoms with Crippen LogP contribution < -0.4 is 15.4 Å². The zero-order valence-electron chi connectivity index (χ0n) is 24.0. The first-order valence-electron chi connectivity index (χ1n) is 14.1. The number of piperazine rings is 1. The van der Waals surface area contributed by atoms with E-state index in [0.29, 0.717) is 19.4 Å². The number of nitrogens with one attached hydrogen (secondary N) is 2. The van der Waals surface area contributed by atoms with Gasteiger partial charge in [0.25, 0.3) is 0 Å². The predicted molar refractivity (Wildman–Crippen MR) is 160 cm³/mol. The van der Waals surface area contributed by atoms with Crippen LogP contribution in [-0.2, 0) is 22.4 Å². The van der Waals surface area contributed by atoms with Crippen molar-refractivity contribution in [1.29, 1.82) is 0 Å². The first-order chi connectivity index (χ1) is 19.0. The Morgan fingerprint density at radius 3 is 1.90 bits per heavy atom.